The highest BCUT2D eigenvalue weighted by Crippen LogP contribution is 2.40. The molecule has 0 N–H and O–H groups in total. The van der Waals surface area contributed by atoms with E-state index in [1.165, 1.54) is 5.56 Å². The predicted molar refractivity (Wildman–Crippen MR) is 133 cm³/mol. The molecule has 0 radical (unpaired) electrons. The standard InChI is InChI=1S/C27H40O4Si/c1-27(2,3)32(5,6)31-26-24(29-19-21-11-8-7-9-12-21)13-10-14-25(26)30-20-22-15-17-23(28-4)18-16-22/h7-9,11-12,15-18,24-26H,10,13-14,19-20H2,1-6H3/t24-,25-,26-/m1/s1. The summed E-state index contributed by atoms with van der Waals surface area (Å²) in [6.45, 7) is 12.7. The lowest BCUT2D eigenvalue weighted by Gasteiger charge is -2.45. The third-order valence-electron chi connectivity index (χ3n) is 6.88. The molecule has 1 saturated carbocycles. The molecular formula is C27H40O4Si. The van der Waals surface area contributed by atoms with Crippen molar-refractivity contribution < 1.29 is 18.6 Å². The molecule has 0 heterocycles. The van der Waals surface area contributed by atoms with Gasteiger partial charge in [-0.1, -0.05) is 63.2 Å². The summed E-state index contributed by atoms with van der Waals surface area (Å²) in [7, 11) is -0.295. The van der Waals surface area contributed by atoms with E-state index in [2.05, 4.69) is 70.3 Å². The first-order valence-electron chi connectivity index (χ1n) is 11.8. The SMILES string of the molecule is COc1ccc(CO[C@@H]2CCC[C@@H](OCc3ccccc3)[C@H]2O[Si](C)(C)C(C)(C)C)cc1. The van der Waals surface area contributed by atoms with Crippen LogP contribution in [-0.4, -0.2) is 33.7 Å². The molecule has 0 aromatic heterocycles. The van der Waals surface area contributed by atoms with Gasteiger partial charge in [-0.25, -0.2) is 0 Å². The maximum absolute atomic E-state index is 6.95. The van der Waals surface area contributed by atoms with Crippen LogP contribution >= 0.6 is 0 Å². The Bertz CT molecular complexity index is 814. The molecule has 0 aliphatic heterocycles. The average molecular weight is 457 g/mol. The molecule has 0 amide bonds. The molecular weight excluding hydrogens is 416 g/mol. The monoisotopic (exact) mass is 456 g/mol. The van der Waals surface area contributed by atoms with Crippen LogP contribution in [0.25, 0.3) is 0 Å². The molecule has 2 aromatic rings. The first-order valence-corrected chi connectivity index (χ1v) is 14.7. The predicted octanol–water partition coefficient (Wildman–Crippen LogP) is 6.74. The van der Waals surface area contributed by atoms with Gasteiger partial charge in [0, 0.05) is 0 Å². The van der Waals surface area contributed by atoms with E-state index in [4.69, 9.17) is 18.6 Å². The Morgan fingerprint density at radius 3 is 1.84 bits per heavy atom. The van der Waals surface area contributed by atoms with E-state index in [-0.39, 0.29) is 23.4 Å². The lowest BCUT2D eigenvalue weighted by molar-refractivity contribution is -0.135. The van der Waals surface area contributed by atoms with Crippen LogP contribution in [0.15, 0.2) is 54.6 Å². The number of ether oxygens (including phenoxy) is 3. The van der Waals surface area contributed by atoms with Crippen molar-refractivity contribution in [2.45, 2.75) is 89.7 Å². The highest BCUT2D eigenvalue weighted by molar-refractivity contribution is 6.74. The van der Waals surface area contributed by atoms with Crippen LogP contribution < -0.4 is 4.74 Å². The van der Waals surface area contributed by atoms with Crippen molar-refractivity contribution >= 4 is 8.32 Å². The van der Waals surface area contributed by atoms with Crippen molar-refractivity contribution in [1.82, 2.24) is 0 Å². The normalized spacial score (nSPS) is 22.0. The second kappa shape index (κ2) is 11.0. The fourth-order valence-electron chi connectivity index (χ4n) is 3.82. The maximum atomic E-state index is 6.95. The van der Waals surface area contributed by atoms with E-state index < -0.39 is 8.32 Å². The quantitative estimate of drug-likeness (QED) is 0.392. The summed E-state index contributed by atoms with van der Waals surface area (Å²) in [5.74, 6) is 0.861. The highest BCUT2D eigenvalue weighted by atomic mass is 28.4. The Morgan fingerprint density at radius 1 is 0.812 bits per heavy atom. The van der Waals surface area contributed by atoms with E-state index >= 15 is 0 Å². The van der Waals surface area contributed by atoms with Gasteiger partial charge in [0.15, 0.2) is 8.32 Å². The lowest BCUT2D eigenvalue weighted by Crippen LogP contribution is -2.54. The third-order valence-corrected chi connectivity index (χ3v) is 11.4. The Balaban J connectivity index is 1.72. The van der Waals surface area contributed by atoms with Crippen molar-refractivity contribution in [3.63, 3.8) is 0 Å². The summed E-state index contributed by atoms with van der Waals surface area (Å²) in [5, 5.41) is 0.134. The van der Waals surface area contributed by atoms with Gasteiger partial charge in [0.05, 0.1) is 38.6 Å². The average Bonchev–Trinajstić information content (AvgIpc) is 2.77. The zero-order valence-corrected chi connectivity index (χ0v) is 21.6. The van der Waals surface area contributed by atoms with Crippen molar-refractivity contribution in [2.75, 3.05) is 7.11 Å². The van der Waals surface area contributed by atoms with Crippen LogP contribution in [0.3, 0.4) is 0 Å². The van der Waals surface area contributed by atoms with Crippen LogP contribution in [-0.2, 0) is 27.1 Å². The fourth-order valence-corrected chi connectivity index (χ4v) is 5.15. The van der Waals surface area contributed by atoms with E-state index in [0.29, 0.717) is 13.2 Å². The topological polar surface area (TPSA) is 36.9 Å². The van der Waals surface area contributed by atoms with Crippen molar-refractivity contribution in [1.29, 1.82) is 0 Å². The molecule has 0 bridgehead atoms. The first-order chi connectivity index (χ1) is 15.2. The number of rotatable bonds is 9. The molecule has 3 rings (SSSR count). The van der Waals surface area contributed by atoms with Gasteiger partial charge in [0.25, 0.3) is 0 Å². The van der Waals surface area contributed by atoms with E-state index in [0.717, 1.165) is 30.6 Å². The van der Waals surface area contributed by atoms with Crippen LogP contribution in [0.1, 0.15) is 51.2 Å². The third kappa shape index (κ3) is 6.67. The summed E-state index contributed by atoms with van der Waals surface area (Å²) in [6, 6.07) is 18.5. The van der Waals surface area contributed by atoms with Crippen LogP contribution in [0.2, 0.25) is 18.1 Å². The lowest BCUT2D eigenvalue weighted by atomic mass is 9.91. The molecule has 0 spiro atoms. The molecule has 4 nitrogen and oxygen atoms in total. The van der Waals surface area contributed by atoms with Gasteiger partial charge in [-0.05, 0) is 60.7 Å². The largest absolute Gasteiger partial charge is 0.497 e. The second-order valence-electron chi connectivity index (χ2n) is 10.3. The zero-order chi connectivity index (χ0) is 23.2. The first kappa shape index (κ1) is 25.0. The van der Waals surface area contributed by atoms with Crippen molar-refractivity contribution in [2.24, 2.45) is 0 Å². The summed E-state index contributed by atoms with van der Waals surface area (Å²) >= 11 is 0. The van der Waals surface area contributed by atoms with E-state index in [9.17, 15) is 0 Å². The number of hydrogen-bond donors (Lipinski definition) is 0. The minimum Gasteiger partial charge on any atom is -0.497 e. The fraction of sp³-hybridized carbons (Fsp3) is 0.556. The highest BCUT2D eigenvalue weighted by Gasteiger charge is 2.45. The van der Waals surface area contributed by atoms with E-state index in [1.807, 2.05) is 18.2 Å². The minimum absolute atomic E-state index is 0.0285. The van der Waals surface area contributed by atoms with Crippen molar-refractivity contribution in [3.05, 3.63) is 65.7 Å². The van der Waals surface area contributed by atoms with Crippen LogP contribution in [0, 0.1) is 0 Å². The summed E-state index contributed by atoms with van der Waals surface area (Å²) < 4.78 is 25.1. The van der Waals surface area contributed by atoms with Gasteiger partial charge in [0.2, 0.25) is 0 Å². The van der Waals surface area contributed by atoms with Crippen LogP contribution in [0.5, 0.6) is 5.75 Å². The van der Waals surface area contributed by atoms with Crippen molar-refractivity contribution in [3.8, 4) is 5.75 Å². The Hall–Kier alpha value is -1.66. The summed E-state index contributed by atoms with van der Waals surface area (Å²) in [6.07, 6.45) is 3.12. The van der Waals surface area contributed by atoms with Gasteiger partial charge in [-0.15, -0.1) is 0 Å². The van der Waals surface area contributed by atoms with E-state index in [1.54, 1.807) is 7.11 Å². The van der Waals surface area contributed by atoms with Gasteiger partial charge < -0.3 is 18.6 Å². The molecule has 0 unspecified atom stereocenters. The Kier molecular flexibility index (Phi) is 8.56. The van der Waals surface area contributed by atoms with Crippen LogP contribution in [0.4, 0.5) is 0 Å². The number of methoxy groups -OCH3 is 1. The molecule has 0 saturated heterocycles. The van der Waals surface area contributed by atoms with Gasteiger partial charge >= 0.3 is 0 Å². The van der Waals surface area contributed by atoms with Gasteiger partial charge in [0.1, 0.15) is 5.75 Å². The molecule has 1 aliphatic rings. The molecule has 5 heteroatoms. The Morgan fingerprint density at radius 2 is 1.34 bits per heavy atom. The minimum atomic E-state index is -1.98. The molecule has 2 aromatic carbocycles. The smallest absolute Gasteiger partial charge is 0.192 e. The number of hydrogen-bond acceptors (Lipinski definition) is 4. The second-order valence-corrected chi connectivity index (χ2v) is 15.1. The van der Waals surface area contributed by atoms with Gasteiger partial charge in [-0.3, -0.25) is 0 Å². The molecule has 176 valence electrons. The number of benzene rings is 2. The zero-order valence-electron chi connectivity index (χ0n) is 20.6. The Labute approximate surface area is 195 Å². The molecule has 1 fully saturated rings. The summed E-state index contributed by atoms with van der Waals surface area (Å²) in [5.41, 5.74) is 2.34. The van der Waals surface area contributed by atoms with Gasteiger partial charge in [-0.2, -0.15) is 0 Å². The molecule has 32 heavy (non-hydrogen) atoms. The molecule has 3 atom stereocenters. The molecule has 1 aliphatic carbocycles. The maximum Gasteiger partial charge on any atom is 0.192 e. The summed E-state index contributed by atoms with van der Waals surface area (Å²) in [4.78, 5) is 0.